The molecular weight excluding hydrogens is 124 g/mol. The van der Waals surface area contributed by atoms with Gasteiger partial charge in [0.1, 0.15) is 0 Å². The lowest BCUT2D eigenvalue weighted by molar-refractivity contribution is 0.277. The fraction of sp³-hybridized carbons (Fsp3) is 0.333. The standard InChI is InChI=1S/C7H8.C2H6O/c1-2-4-6-7-5-3-1;1-3-2/h1-6H,7H2;1-2H3. The Morgan fingerprint density at radius 3 is 1.70 bits per heavy atom. The number of ether oxygens (including phenoxy) is 1. The van der Waals surface area contributed by atoms with Gasteiger partial charge in [-0.15, -0.1) is 0 Å². The van der Waals surface area contributed by atoms with E-state index in [1.54, 1.807) is 14.2 Å². The molecule has 0 spiro atoms. The zero-order valence-corrected chi connectivity index (χ0v) is 6.58. The first kappa shape index (κ1) is 9.18. The maximum Gasteiger partial charge on any atom is 0.0351 e. The lowest BCUT2D eigenvalue weighted by Gasteiger charge is -1.69. The molecule has 1 heteroatoms. The molecular formula is C9H14O. The summed E-state index contributed by atoms with van der Waals surface area (Å²) in [7, 11) is 3.25. The Labute approximate surface area is 62.7 Å². The molecule has 0 aromatic carbocycles. The van der Waals surface area contributed by atoms with Gasteiger partial charge in [0.25, 0.3) is 0 Å². The van der Waals surface area contributed by atoms with E-state index in [-0.39, 0.29) is 0 Å². The monoisotopic (exact) mass is 138 g/mol. The Kier molecular flexibility index (Phi) is 7.51. The molecule has 56 valence electrons. The van der Waals surface area contributed by atoms with Crippen LogP contribution in [0.5, 0.6) is 0 Å². The fourth-order valence-electron chi connectivity index (χ4n) is 0.521. The van der Waals surface area contributed by atoms with Gasteiger partial charge in [0, 0.05) is 14.2 Å². The molecule has 1 aliphatic carbocycles. The van der Waals surface area contributed by atoms with E-state index in [4.69, 9.17) is 0 Å². The van der Waals surface area contributed by atoms with Gasteiger partial charge >= 0.3 is 0 Å². The van der Waals surface area contributed by atoms with Crippen molar-refractivity contribution in [3.63, 3.8) is 0 Å². The molecule has 0 radical (unpaired) electrons. The molecule has 0 N–H and O–H groups in total. The Morgan fingerprint density at radius 1 is 0.900 bits per heavy atom. The van der Waals surface area contributed by atoms with Crippen molar-refractivity contribution in [2.45, 2.75) is 6.42 Å². The normalized spacial score (nSPS) is 13.8. The summed E-state index contributed by atoms with van der Waals surface area (Å²) in [6.07, 6.45) is 13.5. The fourth-order valence-corrected chi connectivity index (χ4v) is 0.521. The lowest BCUT2D eigenvalue weighted by Crippen LogP contribution is -1.55. The molecule has 10 heavy (non-hydrogen) atoms. The topological polar surface area (TPSA) is 9.23 Å². The van der Waals surface area contributed by atoms with E-state index in [1.807, 2.05) is 12.2 Å². The Morgan fingerprint density at radius 2 is 1.30 bits per heavy atom. The van der Waals surface area contributed by atoms with Crippen LogP contribution in [0.1, 0.15) is 6.42 Å². The molecule has 0 unspecified atom stereocenters. The summed E-state index contributed by atoms with van der Waals surface area (Å²) in [4.78, 5) is 0. The smallest absolute Gasteiger partial charge is 0.0351 e. The molecule has 0 heterocycles. The first-order valence-electron chi connectivity index (χ1n) is 3.30. The molecule has 0 amide bonds. The Hall–Kier alpha value is -0.820. The lowest BCUT2D eigenvalue weighted by atomic mass is 10.4. The van der Waals surface area contributed by atoms with Crippen LogP contribution in [0.15, 0.2) is 36.5 Å². The van der Waals surface area contributed by atoms with E-state index in [1.165, 1.54) is 0 Å². The largest absolute Gasteiger partial charge is 0.388 e. The maximum absolute atomic E-state index is 4.25. The van der Waals surface area contributed by atoms with Crippen molar-refractivity contribution in [1.29, 1.82) is 0 Å². The van der Waals surface area contributed by atoms with Gasteiger partial charge in [0.2, 0.25) is 0 Å². The zero-order chi connectivity index (χ0) is 7.66. The van der Waals surface area contributed by atoms with Gasteiger partial charge in [0.05, 0.1) is 0 Å². The molecule has 0 saturated heterocycles. The van der Waals surface area contributed by atoms with Crippen LogP contribution in [0.2, 0.25) is 0 Å². The number of rotatable bonds is 0. The third-order valence-electron chi connectivity index (χ3n) is 0.878. The summed E-state index contributed by atoms with van der Waals surface area (Å²) in [5.74, 6) is 0. The number of hydrogen-bond donors (Lipinski definition) is 0. The number of hydrogen-bond acceptors (Lipinski definition) is 1. The Balaban J connectivity index is 0.000000236. The third kappa shape index (κ3) is 7.18. The molecule has 0 saturated carbocycles. The van der Waals surface area contributed by atoms with E-state index < -0.39 is 0 Å². The molecule has 1 rings (SSSR count). The van der Waals surface area contributed by atoms with Gasteiger partial charge in [-0.25, -0.2) is 0 Å². The van der Waals surface area contributed by atoms with Crippen LogP contribution in [0.3, 0.4) is 0 Å². The summed E-state index contributed by atoms with van der Waals surface area (Å²) in [5.41, 5.74) is 0. The van der Waals surface area contributed by atoms with E-state index in [0.717, 1.165) is 6.42 Å². The second-order valence-corrected chi connectivity index (χ2v) is 1.89. The first-order valence-corrected chi connectivity index (χ1v) is 3.30. The minimum absolute atomic E-state index is 1.08. The minimum Gasteiger partial charge on any atom is -0.388 e. The molecule has 1 nitrogen and oxygen atoms in total. The number of allylic oxidation sites excluding steroid dienone is 6. The summed E-state index contributed by atoms with van der Waals surface area (Å²) >= 11 is 0. The van der Waals surface area contributed by atoms with Crippen molar-refractivity contribution in [2.24, 2.45) is 0 Å². The van der Waals surface area contributed by atoms with Gasteiger partial charge < -0.3 is 4.74 Å². The highest BCUT2D eigenvalue weighted by Crippen LogP contribution is 1.91. The van der Waals surface area contributed by atoms with Crippen LogP contribution in [0.4, 0.5) is 0 Å². The molecule has 0 atom stereocenters. The molecule has 0 aromatic heterocycles. The maximum atomic E-state index is 4.25. The summed E-state index contributed by atoms with van der Waals surface area (Å²) in [6, 6.07) is 0. The zero-order valence-electron chi connectivity index (χ0n) is 6.58. The third-order valence-corrected chi connectivity index (χ3v) is 0.878. The van der Waals surface area contributed by atoms with E-state index in [0.29, 0.717) is 0 Å². The van der Waals surface area contributed by atoms with Crippen LogP contribution < -0.4 is 0 Å². The van der Waals surface area contributed by atoms with E-state index >= 15 is 0 Å². The van der Waals surface area contributed by atoms with Crippen LogP contribution in [0.25, 0.3) is 0 Å². The molecule has 1 aliphatic rings. The molecule has 0 fully saturated rings. The van der Waals surface area contributed by atoms with Crippen LogP contribution >= 0.6 is 0 Å². The second-order valence-electron chi connectivity index (χ2n) is 1.89. The van der Waals surface area contributed by atoms with Gasteiger partial charge in [-0.3, -0.25) is 0 Å². The minimum atomic E-state index is 1.08. The highest BCUT2D eigenvalue weighted by Gasteiger charge is 1.70. The van der Waals surface area contributed by atoms with Crippen LogP contribution in [-0.2, 0) is 4.74 Å². The molecule has 0 aliphatic heterocycles. The highest BCUT2D eigenvalue weighted by atomic mass is 16.4. The predicted molar refractivity (Wildman–Crippen MR) is 45.0 cm³/mol. The van der Waals surface area contributed by atoms with Crippen molar-refractivity contribution < 1.29 is 4.74 Å². The summed E-state index contributed by atoms with van der Waals surface area (Å²) in [6.45, 7) is 0. The average Bonchev–Trinajstić information content (AvgIpc) is 2.17. The quantitative estimate of drug-likeness (QED) is 0.499. The van der Waals surface area contributed by atoms with Crippen molar-refractivity contribution in [2.75, 3.05) is 14.2 Å². The van der Waals surface area contributed by atoms with Crippen LogP contribution in [-0.4, -0.2) is 14.2 Å². The molecule has 0 bridgehead atoms. The predicted octanol–water partition coefficient (Wildman–Crippen LogP) is 2.32. The first-order chi connectivity index (χ1) is 4.91. The molecule has 0 aromatic rings. The SMILES string of the molecule is C1=CC=CCC=C1.COC. The van der Waals surface area contributed by atoms with E-state index in [9.17, 15) is 0 Å². The number of methoxy groups -OCH3 is 1. The Bertz CT molecular complexity index is 118. The average molecular weight is 138 g/mol. The van der Waals surface area contributed by atoms with Crippen LogP contribution in [0, 0.1) is 0 Å². The summed E-state index contributed by atoms with van der Waals surface area (Å²) < 4.78 is 4.25. The highest BCUT2D eigenvalue weighted by molar-refractivity contribution is 5.16. The van der Waals surface area contributed by atoms with Crippen molar-refractivity contribution in [1.82, 2.24) is 0 Å². The van der Waals surface area contributed by atoms with Crippen molar-refractivity contribution in [3.05, 3.63) is 36.5 Å². The summed E-state index contributed by atoms with van der Waals surface area (Å²) in [5, 5.41) is 0. The van der Waals surface area contributed by atoms with Gasteiger partial charge in [-0.05, 0) is 6.42 Å². The van der Waals surface area contributed by atoms with E-state index in [2.05, 4.69) is 29.0 Å². The van der Waals surface area contributed by atoms with Gasteiger partial charge in [0.15, 0.2) is 0 Å². The van der Waals surface area contributed by atoms with Crippen molar-refractivity contribution in [3.8, 4) is 0 Å². The van der Waals surface area contributed by atoms with Gasteiger partial charge in [-0.1, -0.05) is 36.5 Å². The second kappa shape index (κ2) is 8.18. The van der Waals surface area contributed by atoms with Gasteiger partial charge in [-0.2, -0.15) is 0 Å². The van der Waals surface area contributed by atoms with Crippen molar-refractivity contribution >= 4 is 0 Å².